The number of nitrogens with zero attached hydrogens (tertiary/aromatic N) is 3. The molecule has 0 saturated carbocycles. The summed E-state index contributed by atoms with van der Waals surface area (Å²) in [5, 5.41) is 3.56. The van der Waals surface area contributed by atoms with Gasteiger partial charge < -0.3 is 9.47 Å². The van der Waals surface area contributed by atoms with Crippen LogP contribution < -0.4 is 0 Å². The van der Waals surface area contributed by atoms with E-state index >= 15 is 0 Å². The number of carbonyl (C=O) groups is 2. The number of halogens is 2. The standard InChI is InChI=1S/C18H31F2N3O4/c1-4-6-9-23(17(25)27-5-2)21-10-7-14(8-11-21)22-13-18(19,20)12-15(22)16(24)26-3/h14-15H,4-13H2,1-3H3/t15-/m1/s1. The van der Waals surface area contributed by atoms with Crippen molar-refractivity contribution in [3.8, 4) is 0 Å². The van der Waals surface area contributed by atoms with Crippen LogP contribution >= 0.6 is 0 Å². The van der Waals surface area contributed by atoms with Crippen molar-refractivity contribution >= 4 is 12.1 Å². The molecule has 0 aromatic carbocycles. The van der Waals surface area contributed by atoms with Gasteiger partial charge in [0.25, 0.3) is 5.92 Å². The molecule has 0 N–H and O–H groups in total. The van der Waals surface area contributed by atoms with Crippen LogP contribution in [0, 0.1) is 0 Å². The number of piperidine rings is 1. The van der Waals surface area contributed by atoms with Gasteiger partial charge in [-0.15, -0.1) is 0 Å². The molecule has 1 amide bonds. The third-order valence-corrected chi connectivity index (χ3v) is 5.23. The Morgan fingerprint density at radius 2 is 1.89 bits per heavy atom. The monoisotopic (exact) mass is 391 g/mol. The van der Waals surface area contributed by atoms with E-state index in [2.05, 4.69) is 6.92 Å². The van der Waals surface area contributed by atoms with Gasteiger partial charge >= 0.3 is 12.1 Å². The first kappa shape index (κ1) is 21.8. The molecular weight excluding hydrogens is 360 g/mol. The van der Waals surface area contributed by atoms with Crippen LogP contribution in [0.3, 0.4) is 0 Å². The van der Waals surface area contributed by atoms with Gasteiger partial charge in [-0.05, 0) is 26.2 Å². The van der Waals surface area contributed by atoms with Crippen molar-refractivity contribution in [2.24, 2.45) is 0 Å². The van der Waals surface area contributed by atoms with Crippen LogP contribution in [0.4, 0.5) is 13.6 Å². The number of methoxy groups -OCH3 is 1. The third kappa shape index (κ3) is 5.51. The lowest BCUT2D eigenvalue weighted by atomic mass is 10.0. The molecule has 2 aliphatic rings. The number of hydrazine groups is 1. The van der Waals surface area contributed by atoms with Crippen molar-refractivity contribution < 1.29 is 27.8 Å². The number of carbonyl (C=O) groups excluding carboxylic acids is 2. The molecule has 2 aliphatic heterocycles. The molecule has 0 bridgehead atoms. The minimum Gasteiger partial charge on any atom is -0.468 e. The van der Waals surface area contributed by atoms with E-state index in [1.807, 2.05) is 5.01 Å². The molecular formula is C18H31F2N3O4. The fourth-order valence-electron chi connectivity index (χ4n) is 3.86. The second-order valence-corrected chi connectivity index (χ2v) is 7.13. The molecule has 2 saturated heterocycles. The van der Waals surface area contributed by atoms with E-state index in [4.69, 9.17) is 9.47 Å². The van der Waals surface area contributed by atoms with Crippen LogP contribution in [0.15, 0.2) is 0 Å². The fraction of sp³-hybridized carbons (Fsp3) is 0.889. The van der Waals surface area contributed by atoms with Crippen LogP contribution in [-0.2, 0) is 14.3 Å². The number of hydrogen-bond donors (Lipinski definition) is 0. The summed E-state index contributed by atoms with van der Waals surface area (Å²) in [6.07, 6.45) is 2.16. The largest absolute Gasteiger partial charge is 0.468 e. The number of alkyl halides is 2. The summed E-state index contributed by atoms with van der Waals surface area (Å²) < 4.78 is 37.7. The van der Waals surface area contributed by atoms with E-state index in [-0.39, 0.29) is 12.1 Å². The predicted molar refractivity (Wildman–Crippen MR) is 95.3 cm³/mol. The first-order valence-corrected chi connectivity index (χ1v) is 9.73. The molecule has 0 spiro atoms. The van der Waals surface area contributed by atoms with Crippen molar-refractivity contribution in [3.05, 3.63) is 0 Å². The molecule has 0 aromatic heterocycles. The van der Waals surface area contributed by atoms with E-state index in [9.17, 15) is 18.4 Å². The van der Waals surface area contributed by atoms with E-state index in [1.165, 1.54) is 7.11 Å². The highest BCUT2D eigenvalue weighted by Crippen LogP contribution is 2.36. The van der Waals surface area contributed by atoms with Gasteiger partial charge in [-0.2, -0.15) is 0 Å². The van der Waals surface area contributed by atoms with Crippen molar-refractivity contribution in [1.82, 2.24) is 14.9 Å². The highest BCUT2D eigenvalue weighted by molar-refractivity contribution is 5.76. The SMILES string of the molecule is CCCCN(C(=O)OCC)N1CCC(N2CC(F)(F)C[C@@H]2C(=O)OC)CC1. The van der Waals surface area contributed by atoms with Crippen LogP contribution in [0.25, 0.3) is 0 Å². The smallest absolute Gasteiger partial charge is 0.424 e. The molecule has 7 nitrogen and oxygen atoms in total. The lowest BCUT2D eigenvalue weighted by molar-refractivity contribution is -0.147. The summed E-state index contributed by atoms with van der Waals surface area (Å²) >= 11 is 0. The van der Waals surface area contributed by atoms with Crippen LogP contribution in [0.2, 0.25) is 0 Å². The maximum atomic E-state index is 13.9. The van der Waals surface area contributed by atoms with Crippen LogP contribution in [-0.4, -0.2) is 84.9 Å². The molecule has 2 fully saturated rings. The van der Waals surface area contributed by atoms with Gasteiger partial charge in [0.2, 0.25) is 0 Å². The molecule has 1 atom stereocenters. The lowest BCUT2D eigenvalue weighted by Gasteiger charge is -2.42. The molecule has 0 radical (unpaired) electrons. The Hall–Kier alpha value is -1.48. The zero-order valence-electron chi connectivity index (χ0n) is 16.5. The van der Waals surface area contributed by atoms with Crippen LogP contribution in [0.1, 0.15) is 46.0 Å². The molecule has 27 heavy (non-hydrogen) atoms. The van der Waals surface area contributed by atoms with Gasteiger partial charge in [-0.1, -0.05) is 13.3 Å². The molecule has 9 heteroatoms. The van der Waals surface area contributed by atoms with Crippen LogP contribution in [0.5, 0.6) is 0 Å². The van der Waals surface area contributed by atoms with Crippen molar-refractivity contribution in [3.63, 3.8) is 0 Å². The Labute approximate surface area is 159 Å². The predicted octanol–water partition coefficient (Wildman–Crippen LogP) is 2.51. The zero-order chi connectivity index (χ0) is 20.0. The topological polar surface area (TPSA) is 62.3 Å². The Bertz CT molecular complexity index is 513. The Morgan fingerprint density at radius 3 is 2.44 bits per heavy atom. The van der Waals surface area contributed by atoms with Gasteiger partial charge in [-0.3, -0.25) is 9.69 Å². The quantitative estimate of drug-likeness (QED) is 0.622. The van der Waals surface area contributed by atoms with E-state index in [0.717, 1.165) is 12.8 Å². The second kappa shape index (κ2) is 9.64. The summed E-state index contributed by atoms with van der Waals surface area (Å²) in [4.78, 5) is 25.8. The lowest BCUT2D eigenvalue weighted by Crippen LogP contribution is -2.55. The Morgan fingerprint density at radius 1 is 1.22 bits per heavy atom. The molecule has 156 valence electrons. The number of unbranched alkanes of at least 4 members (excludes halogenated alkanes) is 1. The van der Waals surface area contributed by atoms with Crippen molar-refractivity contribution in [2.75, 3.05) is 39.9 Å². The first-order valence-electron chi connectivity index (χ1n) is 9.73. The van der Waals surface area contributed by atoms with Gasteiger partial charge in [0, 0.05) is 32.1 Å². The fourth-order valence-corrected chi connectivity index (χ4v) is 3.86. The normalized spacial score (nSPS) is 24.0. The summed E-state index contributed by atoms with van der Waals surface area (Å²) in [7, 11) is 1.23. The molecule has 0 aromatic rings. The van der Waals surface area contributed by atoms with Gasteiger partial charge in [0.15, 0.2) is 0 Å². The maximum absolute atomic E-state index is 13.9. The number of likely N-dealkylation sites (tertiary alicyclic amines) is 1. The minimum absolute atomic E-state index is 0.131. The number of hydrogen-bond acceptors (Lipinski definition) is 6. The van der Waals surface area contributed by atoms with Gasteiger partial charge in [-0.25, -0.2) is 23.6 Å². The summed E-state index contributed by atoms with van der Waals surface area (Å²) in [5.41, 5.74) is 0. The van der Waals surface area contributed by atoms with Gasteiger partial charge in [0.05, 0.1) is 20.3 Å². The molecule has 0 unspecified atom stereocenters. The molecule has 2 rings (SSSR count). The minimum atomic E-state index is -2.88. The summed E-state index contributed by atoms with van der Waals surface area (Å²) in [5.74, 6) is -3.49. The van der Waals surface area contributed by atoms with E-state index in [1.54, 1.807) is 16.8 Å². The molecule has 2 heterocycles. The maximum Gasteiger partial charge on any atom is 0.424 e. The molecule has 0 aliphatic carbocycles. The third-order valence-electron chi connectivity index (χ3n) is 5.23. The highest BCUT2D eigenvalue weighted by Gasteiger charge is 2.51. The summed E-state index contributed by atoms with van der Waals surface area (Å²) in [6, 6.07) is -1.03. The summed E-state index contributed by atoms with van der Waals surface area (Å²) in [6.45, 7) is 5.40. The highest BCUT2D eigenvalue weighted by atomic mass is 19.3. The first-order chi connectivity index (χ1) is 12.8. The average molecular weight is 391 g/mol. The van der Waals surface area contributed by atoms with Crippen molar-refractivity contribution in [2.45, 2.75) is 64.0 Å². The van der Waals surface area contributed by atoms with E-state index in [0.29, 0.717) is 39.1 Å². The van der Waals surface area contributed by atoms with Crippen molar-refractivity contribution in [1.29, 1.82) is 0 Å². The van der Waals surface area contributed by atoms with Gasteiger partial charge in [0.1, 0.15) is 6.04 Å². The number of esters is 1. The Kier molecular flexibility index (Phi) is 7.79. The number of rotatable bonds is 7. The Balaban J connectivity index is 1.99. The number of ether oxygens (including phenoxy) is 2. The second-order valence-electron chi connectivity index (χ2n) is 7.13. The number of amides is 1. The average Bonchev–Trinajstić information content (AvgIpc) is 2.98. The van der Waals surface area contributed by atoms with E-state index < -0.39 is 30.9 Å². The zero-order valence-corrected chi connectivity index (χ0v) is 16.5.